The number of carbonyl (C=O) groups is 2. The summed E-state index contributed by atoms with van der Waals surface area (Å²) in [6.07, 6.45) is 1.41. The Morgan fingerprint density at radius 3 is 2.74 bits per heavy atom. The van der Waals surface area contributed by atoms with E-state index < -0.39 is 5.76 Å². The summed E-state index contributed by atoms with van der Waals surface area (Å²) in [6, 6.07) is 9.74. The largest absolute Gasteiger partial charge is 0.459 e. The van der Waals surface area contributed by atoms with E-state index in [2.05, 4.69) is 15.6 Å². The number of amides is 2. The Bertz CT molecular complexity index is 1200. The lowest BCUT2D eigenvalue weighted by molar-refractivity contribution is 0.0995. The Morgan fingerprint density at radius 2 is 1.96 bits per heavy atom. The number of hydrogen-bond acceptors (Lipinski definition) is 6. The van der Waals surface area contributed by atoms with Crippen molar-refractivity contribution in [1.82, 2.24) is 4.98 Å². The normalized spacial score (nSPS) is 10.9. The van der Waals surface area contributed by atoms with Gasteiger partial charge in [0.1, 0.15) is 0 Å². The highest BCUT2D eigenvalue weighted by Crippen LogP contribution is 2.28. The smallest absolute Gasteiger partial charge is 0.417 e. The number of rotatable bonds is 4. The molecule has 136 valence electrons. The number of aromatic nitrogens is 1. The Morgan fingerprint density at radius 1 is 1.11 bits per heavy atom. The fourth-order valence-electron chi connectivity index (χ4n) is 2.57. The number of benzene rings is 1. The van der Waals surface area contributed by atoms with E-state index >= 15 is 0 Å². The van der Waals surface area contributed by atoms with Crippen LogP contribution in [0.1, 0.15) is 25.8 Å². The summed E-state index contributed by atoms with van der Waals surface area (Å²) in [5.74, 6) is -1.07. The summed E-state index contributed by atoms with van der Waals surface area (Å²) in [4.78, 5) is 38.8. The molecule has 3 N–H and O–H groups in total. The number of oxazole rings is 1. The van der Waals surface area contributed by atoms with Crippen LogP contribution in [0, 0.1) is 6.92 Å². The number of aryl methyl sites for hydroxylation is 1. The molecule has 0 aliphatic carbocycles. The van der Waals surface area contributed by atoms with Crippen LogP contribution in [0.4, 0.5) is 10.7 Å². The van der Waals surface area contributed by atoms with Crippen molar-refractivity contribution >= 4 is 44.9 Å². The van der Waals surface area contributed by atoms with Gasteiger partial charge in [0.2, 0.25) is 0 Å². The van der Waals surface area contributed by atoms with Crippen molar-refractivity contribution in [3.8, 4) is 0 Å². The first-order valence-corrected chi connectivity index (χ1v) is 8.71. The maximum absolute atomic E-state index is 12.6. The van der Waals surface area contributed by atoms with Crippen LogP contribution in [0.15, 0.2) is 56.3 Å². The molecule has 0 aliphatic heterocycles. The molecule has 9 heteroatoms. The number of anilines is 2. The van der Waals surface area contributed by atoms with Gasteiger partial charge in [-0.1, -0.05) is 0 Å². The molecule has 2 amide bonds. The molecule has 3 heterocycles. The van der Waals surface area contributed by atoms with Gasteiger partial charge in [0, 0.05) is 5.69 Å². The Kier molecular flexibility index (Phi) is 4.13. The number of hydrogen-bond donors (Lipinski definition) is 3. The first kappa shape index (κ1) is 16.9. The van der Waals surface area contributed by atoms with Crippen LogP contribution >= 0.6 is 11.3 Å². The average molecular weight is 383 g/mol. The highest BCUT2D eigenvalue weighted by atomic mass is 32.1. The minimum atomic E-state index is -0.556. The van der Waals surface area contributed by atoms with Crippen molar-refractivity contribution < 1.29 is 18.4 Å². The van der Waals surface area contributed by atoms with E-state index in [9.17, 15) is 14.4 Å². The van der Waals surface area contributed by atoms with E-state index in [1.165, 1.54) is 6.26 Å². The monoisotopic (exact) mass is 383 g/mol. The number of fused-ring (bicyclic) bond motifs is 1. The predicted molar refractivity (Wildman–Crippen MR) is 101 cm³/mol. The van der Waals surface area contributed by atoms with Crippen LogP contribution < -0.4 is 16.4 Å². The van der Waals surface area contributed by atoms with Crippen LogP contribution in [-0.4, -0.2) is 16.8 Å². The minimum Gasteiger partial charge on any atom is -0.459 e. The highest BCUT2D eigenvalue weighted by Gasteiger charge is 2.17. The molecule has 1 aromatic carbocycles. The van der Waals surface area contributed by atoms with Crippen molar-refractivity contribution in [1.29, 1.82) is 0 Å². The van der Waals surface area contributed by atoms with Crippen molar-refractivity contribution in [2.75, 3.05) is 10.6 Å². The zero-order valence-corrected chi connectivity index (χ0v) is 14.8. The van der Waals surface area contributed by atoms with Crippen LogP contribution in [0.25, 0.3) is 11.1 Å². The first-order chi connectivity index (χ1) is 13.0. The van der Waals surface area contributed by atoms with Gasteiger partial charge in [0.25, 0.3) is 11.8 Å². The van der Waals surface area contributed by atoms with Crippen molar-refractivity contribution in [2.45, 2.75) is 6.92 Å². The van der Waals surface area contributed by atoms with Gasteiger partial charge in [-0.05, 0) is 48.9 Å². The lowest BCUT2D eigenvalue weighted by atomic mass is 10.2. The second kappa shape index (κ2) is 6.61. The quantitative estimate of drug-likeness (QED) is 0.498. The second-order valence-electron chi connectivity index (χ2n) is 5.73. The molecule has 4 aromatic rings. The van der Waals surface area contributed by atoms with E-state index in [4.69, 9.17) is 8.83 Å². The molecule has 0 saturated heterocycles. The summed E-state index contributed by atoms with van der Waals surface area (Å²) in [5.41, 5.74) is 2.14. The number of thiophene rings is 1. The molecule has 0 aliphatic rings. The van der Waals surface area contributed by atoms with Crippen molar-refractivity contribution in [3.05, 3.63) is 69.4 Å². The minimum absolute atomic E-state index is 0.189. The van der Waals surface area contributed by atoms with E-state index in [0.29, 0.717) is 26.7 Å². The first-order valence-electron chi connectivity index (χ1n) is 7.89. The van der Waals surface area contributed by atoms with Crippen molar-refractivity contribution in [2.24, 2.45) is 0 Å². The standard InChI is InChI=1S/C18H13N3O5S/c1-9-7-14(21-16(22)13-3-2-6-25-13)27-15(9)17(23)19-10-4-5-12-11(8-10)20-18(24)26-12/h2-8H,1H3,(H,19,23)(H,20,24)(H,21,22). The molecule has 0 fully saturated rings. The maximum Gasteiger partial charge on any atom is 0.417 e. The average Bonchev–Trinajstić information content (AvgIpc) is 3.33. The molecule has 0 atom stereocenters. The van der Waals surface area contributed by atoms with Gasteiger partial charge in [0.05, 0.1) is 21.7 Å². The topological polar surface area (TPSA) is 117 Å². The van der Waals surface area contributed by atoms with Gasteiger partial charge >= 0.3 is 5.76 Å². The van der Waals surface area contributed by atoms with E-state index in [1.54, 1.807) is 43.3 Å². The molecule has 0 unspecified atom stereocenters. The number of aromatic amines is 1. The van der Waals surface area contributed by atoms with Crippen LogP contribution in [0.2, 0.25) is 0 Å². The molecule has 27 heavy (non-hydrogen) atoms. The summed E-state index contributed by atoms with van der Waals surface area (Å²) >= 11 is 1.16. The summed E-state index contributed by atoms with van der Waals surface area (Å²) in [6.45, 7) is 1.78. The molecular formula is C18H13N3O5S. The lowest BCUT2D eigenvalue weighted by Gasteiger charge is -2.04. The number of nitrogens with one attached hydrogen (secondary N) is 3. The van der Waals surface area contributed by atoms with E-state index in [0.717, 1.165) is 16.9 Å². The van der Waals surface area contributed by atoms with Gasteiger partial charge in [-0.25, -0.2) is 4.79 Å². The summed E-state index contributed by atoms with van der Waals surface area (Å²) < 4.78 is 9.98. The molecule has 0 radical (unpaired) electrons. The van der Waals surface area contributed by atoms with Gasteiger partial charge in [0.15, 0.2) is 11.3 Å². The molecular weight excluding hydrogens is 370 g/mol. The molecule has 0 saturated carbocycles. The third-order valence-corrected chi connectivity index (χ3v) is 4.93. The summed E-state index contributed by atoms with van der Waals surface area (Å²) in [5, 5.41) is 6.01. The number of H-pyrrole nitrogens is 1. The fourth-order valence-corrected chi connectivity index (χ4v) is 3.53. The molecule has 3 aromatic heterocycles. The van der Waals surface area contributed by atoms with Gasteiger partial charge < -0.3 is 19.5 Å². The SMILES string of the molecule is Cc1cc(NC(=O)c2ccco2)sc1C(=O)Nc1ccc2oc(=O)[nH]c2c1. The van der Waals surface area contributed by atoms with E-state index in [1.807, 2.05) is 0 Å². The third kappa shape index (κ3) is 3.40. The molecule has 0 spiro atoms. The molecule has 0 bridgehead atoms. The Balaban J connectivity index is 1.52. The molecule has 8 nitrogen and oxygen atoms in total. The van der Waals surface area contributed by atoms with Gasteiger partial charge in [-0.3, -0.25) is 14.6 Å². The van der Waals surface area contributed by atoms with Gasteiger partial charge in [-0.2, -0.15) is 0 Å². The Hall–Kier alpha value is -3.59. The van der Waals surface area contributed by atoms with Crippen LogP contribution in [0.3, 0.4) is 0 Å². The fraction of sp³-hybridized carbons (Fsp3) is 0.0556. The van der Waals surface area contributed by atoms with Crippen LogP contribution in [0.5, 0.6) is 0 Å². The number of furan rings is 1. The van der Waals surface area contributed by atoms with Crippen molar-refractivity contribution in [3.63, 3.8) is 0 Å². The lowest BCUT2D eigenvalue weighted by Crippen LogP contribution is -2.11. The number of carbonyl (C=O) groups excluding carboxylic acids is 2. The molecule has 4 rings (SSSR count). The zero-order valence-electron chi connectivity index (χ0n) is 14.0. The zero-order chi connectivity index (χ0) is 19.0. The maximum atomic E-state index is 12.6. The Labute approximate surface area is 155 Å². The third-order valence-electron chi connectivity index (χ3n) is 3.78. The second-order valence-corrected chi connectivity index (χ2v) is 6.79. The predicted octanol–water partition coefficient (Wildman–Crippen LogP) is 3.59. The highest BCUT2D eigenvalue weighted by molar-refractivity contribution is 7.18. The van der Waals surface area contributed by atoms with Crippen LogP contribution in [-0.2, 0) is 0 Å². The van der Waals surface area contributed by atoms with E-state index in [-0.39, 0.29) is 17.6 Å². The summed E-state index contributed by atoms with van der Waals surface area (Å²) in [7, 11) is 0. The van der Waals surface area contributed by atoms with Gasteiger partial charge in [-0.15, -0.1) is 11.3 Å².